The molecule has 0 spiro atoms. The maximum atomic E-state index is 10.2. The van der Waals surface area contributed by atoms with Gasteiger partial charge >= 0.3 is 0 Å². The predicted molar refractivity (Wildman–Crippen MR) is 122 cm³/mol. The molecule has 1 aliphatic rings. The van der Waals surface area contributed by atoms with Crippen molar-refractivity contribution in [3.05, 3.63) is 47.7 Å². The summed E-state index contributed by atoms with van der Waals surface area (Å²) in [5.41, 5.74) is 6.37. The number of carbonyl (C=O) groups excluding carboxylic acids is 3. The summed E-state index contributed by atoms with van der Waals surface area (Å²) >= 11 is 0. The predicted octanol–water partition coefficient (Wildman–Crippen LogP) is 0.770. The standard InChI is InChI=1S/C11H19N3O3.C8H6O2.C2H6O.CH4O/c1-14(2,6-5-10(12)13-8-16)11-4-3-9(7-15)17-11;9-5-7-3-1-2-4-8(7)6-10;1-3-2;1-2/h5-6,8-9,11,15H,3-4,7H2,1-2H3,(H-,12,13,16);1-6H;1-2H3;2H,1H3/p+1/b6-5-;;;. The summed E-state index contributed by atoms with van der Waals surface area (Å²) in [6.45, 7) is 0.0505. The number of amidine groups is 1. The fourth-order valence-corrected chi connectivity index (χ4v) is 2.50. The maximum Gasteiger partial charge on any atom is 0.234 e. The van der Waals surface area contributed by atoms with E-state index >= 15 is 0 Å². The highest BCUT2D eigenvalue weighted by molar-refractivity contribution is 5.95. The number of hydrogen-bond acceptors (Lipinski definition) is 7. The number of nitrogens with two attached hydrogens (primary N) is 1. The number of ether oxygens (including phenoxy) is 2. The average molecular weight is 455 g/mol. The fraction of sp³-hybridized carbons (Fsp3) is 0.455. The van der Waals surface area contributed by atoms with E-state index in [0.29, 0.717) is 34.6 Å². The van der Waals surface area contributed by atoms with E-state index in [0.717, 1.165) is 20.0 Å². The summed E-state index contributed by atoms with van der Waals surface area (Å²) < 4.78 is 10.4. The van der Waals surface area contributed by atoms with Crippen LogP contribution in [0, 0.1) is 0 Å². The molecule has 180 valence electrons. The van der Waals surface area contributed by atoms with Crippen molar-refractivity contribution in [1.82, 2.24) is 0 Å². The summed E-state index contributed by atoms with van der Waals surface area (Å²) in [6, 6.07) is 6.65. The van der Waals surface area contributed by atoms with Crippen molar-refractivity contribution in [1.29, 1.82) is 0 Å². The molecule has 0 radical (unpaired) electrons. The molecule has 2 rings (SSSR count). The summed E-state index contributed by atoms with van der Waals surface area (Å²) in [7, 11) is 8.18. The quantitative estimate of drug-likeness (QED) is 0.237. The smallest absolute Gasteiger partial charge is 0.234 e. The molecule has 4 N–H and O–H groups in total. The van der Waals surface area contributed by atoms with Gasteiger partial charge in [-0.05, 0) is 6.42 Å². The van der Waals surface area contributed by atoms with Gasteiger partial charge in [-0.2, -0.15) is 4.99 Å². The van der Waals surface area contributed by atoms with E-state index in [1.165, 1.54) is 0 Å². The van der Waals surface area contributed by atoms with Crippen molar-refractivity contribution in [2.24, 2.45) is 10.7 Å². The van der Waals surface area contributed by atoms with Crippen molar-refractivity contribution < 1.29 is 38.6 Å². The molecule has 1 saturated heterocycles. The van der Waals surface area contributed by atoms with Crippen LogP contribution in [0.25, 0.3) is 0 Å². The number of methoxy groups -OCH3 is 1. The molecule has 1 amide bonds. The van der Waals surface area contributed by atoms with E-state index in [4.69, 9.17) is 20.7 Å². The van der Waals surface area contributed by atoms with Gasteiger partial charge in [0.2, 0.25) is 6.41 Å². The zero-order valence-electron chi connectivity index (χ0n) is 19.4. The van der Waals surface area contributed by atoms with Crippen LogP contribution < -0.4 is 5.73 Å². The van der Waals surface area contributed by atoms with Crippen LogP contribution in [0.5, 0.6) is 0 Å². The van der Waals surface area contributed by atoms with Gasteiger partial charge in [0, 0.05) is 45.0 Å². The van der Waals surface area contributed by atoms with Gasteiger partial charge in [-0.25, -0.2) is 0 Å². The molecule has 10 nitrogen and oxygen atoms in total. The van der Waals surface area contributed by atoms with Crippen LogP contribution in [0.15, 0.2) is 41.5 Å². The summed E-state index contributed by atoms with van der Waals surface area (Å²) in [5.74, 6) is 0.169. The second-order valence-corrected chi connectivity index (χ2v) is 6.85. The molecular formula is C22H36N3O7+. The first-order valence-electron chi connectivity index (χ1n) is 9.69. The molecule has 1 aromatic carbocycles. The molecule has 2 atom stereocenters. The molecule has 0 aromatic heterocycles. The van der Waals surface area contributed by atoms with Gasteiger partial charge in [0.05, 0.1) is 26.8 Å². The number of benzene rings is 1. The zero-order chi connectivity index (χ0) is 25.0. The van der Waals surface area contributed by atoms with E-state index in [9.17, 15) is 14.4 Å². The van der Waals surface area contributed by atoms with Crippen LogP contribution in [0.1, 0.15) is 33.6 Å². The van der Waals surface area contributed by atoms with Crippen LogP contribution in [-0.2, 0) is 14.3 Å². The average Bonchev–Trinajstić information content (AvgIpc) is 3.31. The first-order valence-corrected chi connectivity index (χ1v) is 9.69. The Morgan fingerprint density at radius 3 is 2.03 bits per heavy atom. The maximum absolute atomic E-state index is 10.2. The lowest BCUT2D eigenvalue weighted by Crippen LogP contribution is -2.44. The van der Waals surface area contributed by atoms with Gasteiger partial charge in [-0.3, -0.25) is 18.9 Å². The minimum Gasteiger partial charge on any atom is -0.400 e. The van der Waals surface area contributed by atoms with Crippen LogP contribution in [0.4, 0.5) is 0 Å². The first kappa shape index (κ1) is 31.4. The Balaban J connectivity index is 0. The largest absolute Gasteiger partial charge is 0.400 e. The number of quaternary nitrogens is 1. The van der Waals surface area contributed by atoms with Gasteiger partial charge < -0.3 is 25.4 Å². The Hall–Kier alpha value is -2.76. The third-order valence-corrected chi connectivity index (χ3v) is 4.11. The lowest BCUT2D eigenvalue weighted by atomic mass is 10.1. The minimum absolute atomic E-state index is 0.00701. The lowest BCUT2D eigenvalue weighted by Gasteiger charge is -2.31. The van der Waals surface area contributed by atoms with Crippen LogP contribution in [0.2, 0.25) is 0 Å². The number of hydrogen-bond donors (Lipinski definition) is 3. The Morgan fingerprint density at radius 1 is 1.16 bits per heavy atom. The Labute approximate surface area is 189 Å². The molecule has 10 heteroatoms. The molecule has 1 aliphatic heterocycles. The number of aliphatic imine (C=N–C) groups is 1. The summed E-state index contributed by atoms with van der Waals surface area (Å²) in [6.07, 6.45) is 6.82. The second-order valence-electron chi connectivity index (χ2n) is 6.85. The topological polar surface area (TPSA) is 149 Å². The molecule has 0 bridgehead atoms. The van der Waals surface area contributed by atoms with Gasteiger partial charge in [0.25, 0.3) is 0 Å². The van der Waals surface area contributed by atoms with Crippen molar-refractivity contribution in [2.75, 3.05) is 42.0 Å². The number of aliphatic hydroxyl groups is 2. The van der Waals surface area contributed by atoms with E-state index in [2.05, 4.69) is 9.73 Å². The monoisotopic (exact) mass is 454 g/mol. The van der Waals surface area contributed by atoms with Crippen molar-refractivity contribution >= 4 is 24.8 Å². The SMILES string of the molecule is CO.COC.C[N+](C)(/C=C\C(N)=NC=O)C1CCC(CO)O1.O=Cc1ccccc1C=O. The van der Waals surface area contributed by atoms with E-state index < -0.39 is 0 Å². The Kier molecular flexibility index (Phi) is 18.6. The number of aliphatic hydroxyl groups excluding tert-OH is 2. The lowest BCUT2D eigenvalue weighted by molar-refractivity contribution is -0.889. The van der Waals surface area contributed by atoms with E-state index in [1.54, 1.807) is 44.6 Å². The molecule has 1 fully saturated rings. The minimum atomic E-state index is -0.0770. The molecular weight excluding hydrogens is 418 g/mol. The molecule has 1 heterocycles. The second kappa shape index (κ2) is 19.0. The molecule has 0 aliphatic carbocycles. The van der Waals surface area contributed by atoms with E-state index in [1.807, 2.05) is 20.3 Å². The number of aldehydes is 2. The third kappa shape index (κ3) is 12.8. The number of nitrogens with zero attached hydrogens (tertiary/aromatic N) is 2. The highest BCUT2D eigenvalue weighted by atomic mass is 16.5. The van der Waals surface area contributed by atoms with E-state index in [-0.39, 0.29) is 24.8 Å². The van der Waals surface area contributed by atoms with Gasteiger partial charge in [0.15, 0.2) is 18.8 Å². The fourth-order valence-electron chi connectivity index (χ4n) is 2.50. The molecule has 1 aromatic rings. The summed E-state index contributed by atoms with van der Waals surface area (Å²) in [4.78, 5) is 34.0. The Bertz CT molecular complexity index is 694. The molecule has 2 unspecified atom stereocenters. The van der Waals surface area contributed by atoms with Crippen LogP contribution in [-0.4, -0.2) is 93.9 Å². The molecule has 0 saturated carbocycles. The molecule has 32 heavy (non-hydrogen) atoms. The third-order valence-electron chi connectivity index (χ3n) is 4.11. The number of amides is 1. The first-order chi connectivity index (χ1) is 15.3. The normalized spacial score (nSPS) is 17.7. The highest BCUT2D eigenvalue weighted by Crippen LogP contribution is 2.25. The number of carbonyl (C=O) groups is 3. The van der Waals surface area contributed by atoms with Gasteiger partial charge in [-0.15, -0.1) is 0 Å². The van der Waals surface area contributed by atoms with Crippen molar-refractivity contribution in [3.8, 4) is 0 Å². The summed E-state index contributed by atoms with van der Waals surface area (Å²) in [5, 5.41) is 16.0. The Morgan fingerprint density at radius 2 is 1.66 bits per heavy atom. The van der Waals surface area contributed by atoms with Crippen LogP contribution >= 0.6 is 0 Å². The van der Waals surface area contributed by atoms with Gasteiger partial charge in [-0.1, -0.05) is 24.3 Å². The van der Waals surface area contributed by atoms with Crippen molar-refractivity contribution in [3.63, 3.8) is 0 Å². The van der Waals surface area contributed by atoms with Crippen LogP contribution in [0.3, 0.4) is 0 Å². The van der Waals surface area contributed by atoms with Gasteiger partial charge in [0.1, 0.15) is 12.0 Å². The number of rotatable bonds is 7. The van der Waals surface area contributed by atoms with Crippen molar-refractivity contribution in [2.45, 2.75) is 25.2 Å². The zero-order valence-corrected chi connectivity index (χ0v) is 19.4. The highest BCUT2D eigenvalue weighted by Gasteiger charge is 2.35.